The molecule has 0 aromatic carbocycles. The van der Waals surface area contributed by atoms with Gasteiger partial charge in [-0.25, -0.2) is 0 Å². The first-order chi connectivity index (χ1) is 8.68. The number of amides is 2. The summed E-state index contributed by atoms with van der Waals surface area (Å²) in [6.45, 7) is 12.8. The van der Waals surface area contributed by atoms with Crippen LogP contribution >= 0.6 is 0 Å². The van der Waals surface area contributed by atoms with Gasteiger partial charge in [-0.05, 0) is 24.2 Å². The van der Waals surface area contributed by atoms with Gasteiger partial charge in [-0.3, -0.25) is 9.59 Å². The summed E-state index contributed by atoms with van der Waals surface area (Å²) in [7, 11) is 0. The highest BCUT2D eigenvalue weighted by Crippen LogP contribution is 2.27. The highest BCUT2D eigenvalue weighted by Gasteiger charge is 2.44. The Balaban J connectivity index is 2.99. The number of rotatable bonds is 4. The van der Waals surface area contributed by atoms with Crippen LogP contribution in [0.2, 0.25) is 0 Å². The van der Waals surface area contributed by atoms with Crippen molar-refractivity contribution in [2.75, 3.05) is 6.54 Å². The van der Waals surface area contributed by atoms with Gasteiger partial charge in [0.2, 0.25) is 11.8 Å². The molecule has 0 spiro atoms. The summed E-state index contributed by atoms with van der Waals surface area (Å²) < 4.78 is 0. The standard InChI is InChI=1S/C15H28N2O2/c1-7-8-17-11(9-10(2)3)13(18)16-12(14(17)19)15(4,5)6/h10-12H,7-9H2,1-6H3,(H,16,18). The molecule has 1 rings (SSSR count). The van der Waals surface area contributed by atoms with Gasteiger partial charge in [0, 0.05) is 6.54 Å². The SMILES string of the molecule is CCCN1C(=O)C(C(C)(C)C)NC(=O)C1CC(C)C. The maximum Gasteiger partial charge on any atom is 0.246 e. The Morgan fingerprint density at radius 3 is 2.26 bits per heavy atom. The molecule has 110 valence electrons. The van der Waals surface area contributed by atoms with Crippen LogP contribution in [-0.2, 0) is 9.59 Å². The van der Waals surface area contributed by atoms with E-state index in [1.807, 2.05) is 27.7 Å². The average molecular weight is 268 g/mol. The van der Waals surface area contributed by atoms with Crippen LogP contribution in [0.4, 0.5) is 0 Å². The van der Waals surface area contributed by atoms with Crippen LogP contribution in [0.3, 0.4) is 0 Å². The van der Waals surface area contributed by atoms with Crippen molar-refractivity contribution in [1.82, 2.24) is 10.2 Å². The lowest BCUT2D eigenvalue weighted by Crippen LogP contribution is -2.66. The summed E-state index contributed by atoms with van der Waals surface area (Å²) in [6.07, 6.45) is 1.61. The lowest BCUT2D eigenvalue weighted by Gasteiger charge is -2.43. The van der Waals surface area contributed by atoms with Gasteiger partial charge in [0.25, 0.3) is 0 Å². The Bertz CT molecular complexity index is 345. The summed E-state index contributed by atoms with van der Waals surface area (Å²) in [6, 6.07) is -0.707. The number of hydrogen-bond donors (Lipinski definition) is 1. The molecule has 1 heterocycles. The molecular formula is C15H28N2O2. The molecule has 1 aliphatic rings. The minimum absolute atomic E-state index is 0.00155. The maximum atomic E-state index is 12.6. The fourth-order valence-electron chi connectivity index (χ4n) is 2.54. The van der Waals surface area contributed by atoms with Crippen LogP contribution in [0.5, 0.6) is 0 Å². The fraction of sp³-hybridized carbons (Fsp3) is 0.867. The van der Waals surface area contributed by atoms with Crippen molar-refractivity contribution < 1.29 is 9.59 Å². The number of hydrogen-bond acceptors (Lipinski definition) is 2. The third-order valence-corrected chi connectivity index (χ3v) is 3.52. The van der Waals surface area contributed by atoms with E-state index in [2.05, 4.69) is 19.2 Å². The van der Waals surface area contributed by atoms with E-state index in [9.17, 15) is 9.59 Å². The second-order valence-corrected chi connectivity index (χ2v) is 6.98. The van der Waals surface area contributed by atoms with Crippen molar-refractivity contribution in [3.8, 4) is 0 Å². The summed E-state index contributed by atoms with van der Waals surface area (Å²) in [4.78, 5) is 26.7. The summed E-state index contributed by atoms with van der Waals surface area (Å²) in [5.41, 5.74) is -0.248. The van der Waals surface area contributed by atoms with Gasteiger partial charge in [-0.2, -0.15) is 0 Å². The average Bonchev–Trinajstić information content (AvgIpc) is 2.26. The molecule has 0 aromatic rings. The molecule has 0 radical (unpaired) electrons. The Morgan fingerprint density at radius 2 is 1.84 bits per heavy atom. The second kappa shape index (κ2) is 5.93. The Labute approximate surface area is 116 Å². The van der Waals surface area contributed by atoms with Crippen LogP contribution < -0.4 is 5.32 Å². The second-order valence-electron chi connectivity index (χ2n) is 6.98. The molecule has 2 atom stereocenters. The molecule has 2 unspecified atom stereocenters. The smallest absolute Gasteiger partial charge is 0.246 e. The first kappa shape index (κ1) is 16.0. The predicted octanol–water partition coefficient (Wildman–Crippen LogP) is 2.18. The zero-order valence-corrected chi connectivity index (χ0v) is 13.1. The minimum Gasteiger partial charge on any atom is -0.342 e. The Kier molecular flexibility index (Phi) is 4.99. The highest BCUT2D eigenvalue weighted by molar-refractivity contribution is 5.97. The lowest BCUT2D eigenvalue weighted by molar-refractivity contribution is -0.153. The van der Waals surface area contributed by atoms with Gasteiger partial charge in [0.05, 0.1) is 0 Å². The molecule has 1 saturated heterocycles. The van der Waals surface area contributed by atoms with Gasteiger partial charge >= 0.3 is 0 Å². The third kappa shape index (κ3) is 3.71. The topological polar surface area (TPSA) is 49.4 Å². The highest BCUT2D eigenvalue weighted by atomic mass is 16.2. The quantitative estimate of drug-likeness (QED) is 0.849. The molecule has 19 heavy (non-hydrogen) atoms. The lowest BCUT2D eigenvalue weighted by atomic mass is 9.83. The monoisotopic (exact) mass is 268 g/mol. The van der Waals surface area contributed by atoms with Crippen LogP contribution in [-0.4, -0.2) is 35.3 Å². The van der Waals surface area contributed by atoms with E-state index in [0.717, 1.165) is 12.8 Å². The summed E-state index contributed by atoms with van der Waals surface area (Å²) in [5.74, 6) is 0.468. The number of carbonyl (C=O) groups is 2. The number of piperazine rings is 1. The molecule has 4 heteroatoms. The first-order valence-electron chi connectivity index (χ1n) is 7.29. The van der Waals surface area contributed by atoms with Crippen molar-refractivity contribution in [3.05, 3.63) is 0 Å². The fourth-order valence-corrected chi connectivity index (χ4v) is 2.54. The molecular weight excluding hydrogens is 240 g/mol. The largest absolute Gasteiger partial charge is 0.342 e. The molecule has 0 aromatic heterocycles. The van der Waals surface area contributed by atoms with Crippen molar-refractivity contribution >= 4 is 11.8 Å². The minimum atomic E-state index is -0.407. The summed E-state index contributed by atoms with van der Waals surface area (Å²) >= 11 is 0. The zero-order chi connectivity index (χ0) is 14.8. The number of carbonyl (C=O) groups excluding carboxylic acids is 2. The predicted molar refractivity (Wildman–Crippen MR) is 76.6 cm³/mol. The van der Waals surface area contributed by atoms with E-state index < -0.39 is 6.04 Å². The van der Waals surface area contributed by atoms with Crippen molar-refractivity contribution in [1.29, 1.82) is 0 Å². The molecule has 0 saturated carbocycles. The van der Waals surface area contributed by atoms with Crippen LogP contribution in [0.15, 0.2) is 0 Å². The molecule has 1 N–H and O–H groups in total. The number of nitrogens with zero attached hydrogens (tertiary/aromatic N) is 1. The first-order valence-corrected chi connectivity index (χ1v) is 7.29. The van der Waals surface area contributed by atoms with E-state index >= 15 is 0 Å². The van der Waals surface area contributed by atoms with E-state index in [-0.39, 0.29) is 23.3 Å². The van der Waals surface area contributed by atoms with Crippen molar-refractivity contribution in [3.63, 3.8) is 0 Å². The van der Waals surface area contributed by atoms with E-state index in [1.165, 1.54) is 0 Å². The molecule has 1 aliphatic heterocycles. The Morgan fingerprint density at radius 1 is 1.26 bits per heavy atom. The third-order valence-electron chi connectivity index (χ3n) is 3.52. The van der Waals surface area contributed by atoms with Crippen molar-refractivity contribution in [2.45, 2.75) is 66.5 Å². The van der Waals surface area contributed by atoms with Crippen molar-refractivity contribution in [2.24, 2.45) is 11.3 Å². The molecule has 2 amide bonds. The van der Waals surface area contributed by atoms with Gasteiger partial charge < -0.3 is 10.2 Å². The molecule has 0 aliphatic carbocycles. The van der Waals surface area contributed by atoms with Crippen LogP contribution in [0.25, 0.3) is 0 Å². The molecule has 1 fully saturated rings. The van der Waals surface area contributed by atoms with Gasteiger partial charge in [-0.1, -0.05) is 41.5 Å². The van der Waals surface area contributed by atoms with Crippen LogP contribution in [0.1, 0.15) is 54.4 Å². The molecule has 0 bridgehead atoms. The molecule has 4 nitrogen and oxygen atoms in total. The maximum absolute atomic E-state index is 12.6. The van der Waals surface area contributed by atoms with E-state index in [4.69, 9.17) is 0 Å². The van der Waals surface area contributed by atoms with Gasteiger partial charge in [0.15, 0.2) is 0 Å². The van der Waals surface area contributed by atoms with Gasteiger partial charge in [-0.15, -0.1) is 0 Å². The van der Waals surface area contributed by atoms with E-state index in [0.29, 0.717) is 12.5 Å². The van der Waals surface area contributed by atoms with Gasteiger partial charge in [0.1, 0.15) is 12.1 Å². The van der Waals surface area contributed by atoms with Crippen LogP contribution in [0, 0.1) is 11.3 Å². The normalized spacial score (nSPS) is 24.9. The summed E-state index contributed by atoms with van der Waals surface area (Å²) in [5, 5.41) is 2.92. The zero-order valence-electron chi connectivity index (χ0n) is 13.1. The number of nitrogens with one attached hydrogen (secondary N) is 1. The Hall–Kier alpha value is -1.06. The van der Waals surface area contributed by atoms with E-state index in [1.54, 1.807) is 4.90 Å².